The van der Waals surface area contributed by atoms with Crippen LogP contribution in [0.5, 0.6) is 5.75 Å². The van der Waals surface area contributed by atoms with E-state index in [1.165, 1.54) is 12.6 Å². The number of amides is 1. The van der Waals surface area contributed by atoms with Gasteiger partial charge in [0.25, 0.3) is 5.91 Å². The fourth-order valence-electron chi connectivity index (χ4n) is 3.35. The zero-order chi connectivity index (χ0) is 22.5. The lowest BCUT2D eigenvalue weighted by Gasteiger charge is -2.18. The summed E-state index contributed by atoms with van der Waals surface area (Å²) in [6, 6.07) is 13.6. The molecule has 0 aliphatic rings. The number of guanidine groups is 1. The van der Waals surface area contributed by atoms with Gasteiger partial charge in [-0.05, 0) is 36.3 Å². The van der Waals surface area contributed by atoms with Crippen molar-refractivity contribution >= 4 is 34.4 Å². The van der Waals surface area contributed by atoms with Crippen LogP contribution in [-0.2, 0) is 13.2 Å². The highest BCUT2D eigenvalue weighted by molar-refractivity contribution is 6.35. The van der Waals surface area contributed by atoms with Crippen molar-refractivity contribution < 1.29 is 9.53 Å². The van der Waals surface area contributed by atoms with Crippen LogP contribution in [0.25, 0.3) is 10.9 Å². The van der Waals surface area contributed by atoms with Crippen LogP contribution in [-0.4, -0.2) is 46.8 Å². The van der Waals surface area contributed by atoms with Gasteiger partial charge in [-0.3, -0.25) is 20.0 Å². The summed E-state index contributed by atoms with van der Waals surface area (Å²) in [5.74, 6) is -0.137. The second kappa shape index (κ2) is 9.85. The Morgan fingerprint density at radius 3 is 2.55 bits per heavy atom. The first kappa shape index (κ1) is 22.7. The lowest BCUT2D eigenvalue weighted by molar-refractivity contribution is 0.0864. The Morgan fingerprint density at radius 2 is 1.87 bits per heavy atom. The first-order chi connectivity index (χ1) is 14.8. The number of carbonyl (C=O) groups is 1. The second-order valence-corrected chi connectivity index (χ2v) is 7.78. The van der Waals surface area contributed by atoms with Crippen LogP contribution < -0.4 is 10.5 Å². The molecule has 0 aliphatic heterocycles. The summed E-state index contributed by atoms with van der Waals surface area (Å²) in [6.07, 6.45) is 0. The van der Waals surface area contributed by atoms with Gasteiger partial charge >= 0.3 is 0 Å². The molecule has 3 rings (SSSR count). The molecule has 2 aromatic carbocycles. The second-order valence-electron chi connectivity index (χ2n) is 7.37. The van der Waals surface area contributed by atoms with E-state index in [-0.39, 0.29) is 5.96 Å². The van der Waals surface area contributed by atoms with Gasteiger partial charge in [-0.2, -0.15) is 0 Å². The van der Waals surface area contributed by atoms with Gasteiger partial charge in [0.1, 0.15) is 18.1 Å². The molecule has 0 unspecified atom stereocenters. The smallest absolute Gasteiger partial charge is 0.276 e. The highest BCUT2D eigenvalue weighted by Crippen LogP contribution is 2.30. The molecule has 0 spiro atoms. The summed E-state index contributed by atoms with van der Waals surface area (Å²) in [7, 11) is 1.45. The maximum Gasteiger partial charge on any atom is 0.276 e. The Morgan fingerprint density at radius 1 is 1.16 bits per heavy atom. The van der Waals surface area contributed by atoms with Crippen LogP contribution in [0.4, 0.5) is 0 Å². The predicted molar refractivity (Wildman–Crippen MR) is 125 cm³/mol. The fourth-order valence-corrected chi connectivity index (χ4v) is 3.61. The zero-order valence-corrected chi connectivity index (χ0v) is 18.8. The number of nitrogens with zero attached hydrogens (tertiary/aromatic N) is 2. The van der Waals surface area contributed by atoms with Gasteiger partial charge in [0.2, 0.25) is 0 Å². The van der Waals surface area contributed by atoms with Gasteiger partial charge in [-0.1, -0.05) is 49.7 Å². The SMILES string of the molecule is CCN(CC)Cc1cccc(COc2cc(Cl)c3cc(C(=O)N(C)C(=N)N)[nH]c3c2)c1. The van der Waals surface area contributed by atoms with Gasteiger partial charge in [-0.15, -0.1) is 0 Å². The van der Waals surface area contributed by atoms with E-state index in [1.807, 2.05) is 18.2 Å². The topological polar surface area (TPSA) is 98.4 Å². The largest absolute Gasteiger partial charge is 0.489 e. The van der Waals surface area contributed by atoms with Gasteiger partial charge < -0.3 is 15.5 Å². The number of aromatic amines is 1. The van der Waals surface area contributed by atoms with E-state index in [2.05, 4.69) is 35.9 Å². The molecule has 31 heavy (non-hydrogen) atoms. The van der Waals surface area contributed by atoms with E-state index in [4.69, 9.17) is 27.5 Å². The molecule has 0 saturated carbocycles. The molecule has 0 aliphatic carbocycles. The Labute approximate surface area is 187 Å². The van der Waals surface area contributed by atoms with Crippen molar-refractivity contribution in [2.45, 2.75) is 27.0 Å². The Balaban J connectivity index is 1.75. The summed E-state index contributed by atoms with van der Waals surface area (Å²) in [6.45, 7) is 7.67. The van der Waals surface area contributed by atoms with Crippen molar-refractivity contribution in [3.63, 3.8) is 0 Å². The molecule has 0 bridgehead atoms. The minimum absolute atomic E-state index is 0.302. The molecule has 8 heteroatoms. The van der Waals surface area contributed by atoms with Crippen molar-refractivity contribution in [3.8, 4) is 5.75 Å². The maximum absolute atomic E-state index is 12.4. The molecule has 1 amide bonds. The number of carbonyl (C=O) groups excluding carboxylic acids is 1. The molecule has 164 valence electrons. The molecule has 0 fully saturated rings. The first-order valence-electron chi connectivity index (χ1n) is 10.2. The Kier molecular flexibility index (Phi) is 7.20. The quantitative estimate of drug-likeness (QED) is 0.360. The molecule has 0 saturated heterocycles. The Hall–Kier alpha value is -3.03. The lowest BCUT2D eigenvalue weighted by Crippen LogP contribution is -2.38. The van der Waals surface area contributed by atoms with Gasteiger partial charge in [0, 0.05) is 25.0 Å². The Bertz CT molecular complexity index is 1090. The monoisotopic (exact) mass is 441 g/mol. The third kappa shape index (κ3) is 5.37. The number of hydrogen-bond donors (Lipinski definition) is 3. The molecule has 4 N–H and O–H groups in total. The number of nitrogens with one attached hydrogen (secondary N) is 2. The summed E-state index contributed by atoms with van der Waals surface area (Å²) in [5, 5.41) is 8.60. The molecular formula is C23H28ClN5O2. The lowest BCUT2D eigenvalue weighted by atomic mass is 10.1. The normalized spacial score (nSPS) is 11.1. The molecule has 1 aromatic heterocycles. The minimum Gasteiger partial charge on any atom is -0.489 e. The first-order valence-corrected chi connectivity index (χ1v) is 10.6. The number of halogens is 1. The fraction of sp³-hybridized carbons (Fsp3) is 0.304. The number of H-pyrrole nitrogens is 1. The highest BCUT2D eigenvalue weighted by Gasteiger charge is 2.18. The van der Waals surface area contributed by atoms with E-state index in [0.717, 1.165) is 30.1 Å². The average molecular weight is 442 g/mol. The number of rotatable bonds is 8. The molecule has 7 nitrogen and oxygen atoms in total. The van der Waals surface area contributed by atoms with E-state index < -0.39 is 5.91 Å². The van der Waals surface area contributed by atoms with Crippen molar-refractivity contribution in [1.82, 2.24) is 14.8 Å². The van der Waals surface area contributed by atoms with Gasteiger partial charge in [0.05, 0.1) is 10.5 Å². The van der Waals surface area contributed by atoms with Crippen LogP contribution in [0.1, 0.15) is 35.5 Å². The summed E-state index contributed by atoms with van der Waals surface area (Å²) < 4.78 is 5.98. The summed E-state index contributed by atoms with van der Waals surface area (Å²) in [5.41, 5.74) is 8.70. The molecular weight excluding hydrogens is 414 g/mol. The van der Waals surface area contributed by atoms with Crippen LogP contribution in [0.15, 0.2) is 42.5 Å². The molecule has 0 atom stereocenters. The van der Waals surface area contributed by atoms with E-state index in [1.54, 1.807) is 12.1 Å². The minimum atomic E-state index is -0.410. The van der Waals surface area contributed by atoms with E-state index in [0.29, 0.717) is 34.0 Å². The third-order valence-electron chi connectivity index (χ3n) is 5.25. The zero-order valence-electron chi connectivity index (χ0n) is 18.0. The predicted octanol–water partition coefficient (Wildman–Crippen LogP) is 4.21. The molecule has 0 radical (unpaired) electrons. The highest BCUT2D eigenvalue weighted by atomic mass is 35.5. The number of nitrogens with two attached hydrogens (primary N) is 1. The van der Waals surface area contributed by atoms with Crippen molar-refractivity contribution in [2.75, 3.05) is 20.1 Å². The van der Waals surface area contributed by atoms with E-state index >= 15 is 0 Å². The van der Waals surface area contributed by atoms with Crippen LogP contribution in [0.2, 0.25) is 5.02 Å². The van der Waals surface area contributed by atoms with Gasteiger partial charge in [0.15, 0.2) is 5.96 Å². The molecule has 3 aromatic rings. The number of aromatic nitrogens is 1. The number of ether oxygens (including phenoxy) is 1. The van der Waals surface area contributed by atoms with Crippen LogP contribution >= 0.6 is 11.6 Å². The maximum atomic E-state index is 12.4. The number of benzene rings is 2. The molecule has 1 heterocycles. The van der Waals surface area contributed by atoms with Gasteiger partial charge in [-0.25, -0.2) is 0 Å². The van der Waals surface area contributed by atoms with E-state index in [9.17, 15) is 4.79 Å². The third-order valence-corrected chi connectivity index (χ3v) is 5.57. The average Bonchev–Trinajstić information content (AvgIpc) is 3.20. The standard InChI is InChI=1S/C23H28ClN5O2/c1-4-29(5-2)13-15-7-6-8-16(9-15)14-31-17-10-19(24)18-12-21(27-20(18)11-17)22(30)28(3)23(25)26/h6-12,27H,4-5,13-14H2,1-3H3,(H3,25,26). The number of hydrogen-bond acceptors (Lipinski definition) is 4. The van der Waals surface area contributed by atoms with Crippen molar-refractivity contribution in [2.24, 2.45) is 5.73 Å². The van der Waals surface area contributed by atoms with Crippen molar-refractivity contribution in [1.29, 1.82) is 5.41 Å². The van der Waals surface area contributed by atoms with Crippen LogP contribution in [0.3, 0.4) is 0 Å². The summed E-state index contributed by atoms with van der Waals surface area (Å²) >= 11 is 6.42. The van der Waals surface area contributed by atoms with Crippen LogP contribution in [0, 0.1) is 5.41 Å². The summed E-state index contributed by atoms with van der Waals surface area (Å²) in [4.78, 5) is 18.9. The van der Waals surface area contributed by atoms with Crippen molar-refractivity contribution in [3.05, 3.63) is 64.3 Å². The number of fused-ring (bicyclic) bond motifs is 1.